The first-order chi connectivity index (χ1) is 9.07. The SMILES string of the molecule is C#CCOc1ccc(C(=O)NC2(C(=O)O)CC2)cc1. The average molecular weight is 259 g/mol. The molecule has 1 aromatic rings. The minimum absolute atomic E-state index is 0.160. The summed E-state index contributed by atoms with van der Waals surface area (Å²) >= 11 is 0. The zero-order chi connectivity index (χ0) is 13.9. The molecule has 1 aromatic carbocycles. The number of rotatable bonds is 5. The number of carboxylic acid groups (broad SMARTS) is 1. The summed E-state index contributed by atoms with van der Waals surface area (Å²) < 4.78 is 5.18. The molecule has 19 heavy (non-hydrogen) atoms. The Labute approximate surface area is 110 Å². The van der Waals surface area contributed by atoms with E-state index in [4.69, 9.17) is 16.3 Å². The van der Waals surface area contributed by atoms with E-state index < -0.39 is 17.4 Å². The lowest BCUT2D eigenvalue weighted by Gasteiger charge is -2.12. The fourth-order valence-corrected chi connectivity index (χ4v) is 1.63. The van der Waals surface area contributed by atoms with Crippen LogP contribution in [0.25, 0.3) is 0 Å². The summed E-state index contributed by atoms with van der Waals surface area (Å²) in [5, 5.41) is 11.5. The molecule has 0 spiro atoms. The average Bonchev–Trinajstić information content (AvgIpc) is 3.18. The van der Waals surface area contributed by atoms with Crippen molar-refractivity contribution in [2.75, 3.05) is 6.61 Å². The summed E-state index contributed by atoms with van der Waals surface area (Å²) in [4.78, 5) is 22.9. The molecule has 98 valence electrons. The number of ether oxygens (including phenoxy) is 1. The fraction of sp³-hybridized carbons (Fsp3) is 0.286. The number of carbonyl (C=O) groups is 2. The highest BCUT2D eigenvalue weighted by atomic mass is 16.5. The molecular formula is C14H13NO4. The van der Waals surface area contributed by atoms with Gasteiger partial charge >= 0.3 is 5.97 Å². The summed E-state index contributed by atoms with van der Waals surface area (Å²) in [6, 6.07) is 6.37. The van der Waals surface area contributed by atoms with E-state index in [-0.39, 0.29) is 6.61 Å². The standard InChI is InChI=1S/C14H13NO4/c1-2-9-19-11-5-3-10(4-6-11)12(16)15-14(7-8-14)13(17)18/h1,3-6H,7-9H2,(H,15,16)(H,17,18). The van der Waals surface area contributed by atoms with Crippen LogP contribution in [0.4, 0.5) is 0 Å². The molecule has 0 heterocycles. The lowest BCUT2D eigenvalue weighted by molar-refractivity contribution is -0.140. The number of benzene rings is 1. The Bertz CT molecular complexity index is 538. The topological polar surface area (TPSA) is 75.6 Å². The first-order valence-electron chi connectivity index (χ1n) is 5.80. The van der Waals surface area contributed by atoms with Crippen LogP contribution in [-0.2, 0) is 4.79 Å². The van der Waals surface area contributed by atoms with Crippen molar-refractivity contribution in [1.29, 1.82) is 0 Å². The van der Waals surface area contributed by atoms with Gasteiger partial charge in [-0.25, -0.2) is 4.79 Å². The molecule has 0 saturated heterocycles. The number of carbonyl (C=O) groups excluding carboxylic acids is 1. The number of hydrogen-bond acceptors (Lipinski definition) is 3. The van der Waals surface area contributed by atoms with Gasteiger partial charge in [-0.15, -0.1) is 6.42 Å². The van der Waals surface area contributed by atoms with E-state index >= 15 is 0 Å². The molecule has 0 bridgehead atoms. The van der Waals surface area contributed by atoms with Gasteiger partial charge in [0.2, 0.25) is 0 Å². The Morgan fingerprint density at radius 1 is 1.37 bits per heavy atom. The maximum atomic E-state index is 11.9. The van der Waals surface area contributed by atoms with Gasteiger partial charge in [-0.2, -0.15) is 0 Å². The summed E-state index contributed by atoms with van der Waals surface area (Å²) in [5.41, 5.74) is -0.684. The maximum Gasteiger partial charge on any atom is 0.329 e. The Morgan fingerprint density at radius 2 is 2.00 bits per heavy atom. The van der Waals surface area contributed by atoms with Gasteiger partial charge in [0.05, 0.1) is 0 Å². The minimum Gasteiger partial charge on any atom is -0.481 e. The quantitative estimate of drug-likeness (QED) is 0.775. The third-order valence-corrected chi connectivity index (χ3v) is 2.95. The van der Waals surface area contributed by atoms with E-state index in [1.807, 2.05) is 0 Å². The van der Waals surface area contributed by atoms with Crippen LogP contribution >= 0.6 is 0 Å². The van der Waals surface area contributed by atoms with Crippen molar-refractivity contribution < 1.29 is 19.4 Å². The summed E-state index contributed by atoms with van der Waals surface area (Å²) in [6.07, 6.45) is 6.00. The molecule has 2 rings (SSSR count). The normalized spacial score (nSPS) is 15.1. The molecule has 5 heteroatoms. The van der Waals surface area contributed by atoms with Crippen LogP contribution in [0.5, 0.6) is 5.75 Å². The first kappa shape index (κ1) is 13.0. The Kier molecular flexibility index (Phi) is 3.43. The molecule has 0 radical (unpaired) electrons. The molecular weight excluding hydrogens is 246 g/mol. The van der Waals surface area contributed by atoms with Crippen LogP contribution in [0, 0.1) is 12.3 Å². The van der Waals surface area contributed by atoms with E-state index in [0.717, 1.165) is 0 Å². The largest absolute Gasteiger partial charge is 0.481 e. The highest BCUT2D eigenvalue weighted by Gasteiger charge is 2.51. The highest BCUT2D eigenvalue weighted by molar-refractivity contribution is 5.98. The smallest absolute Gasteiger partial charge is 0.329 e. The predicted molar refractivity (Wildman–Crippen MR) is 67.8 cm³/mol. The van der Waals surface area contributed by atoms with Gasteiger partial charge in [-0.05, 0) is 37.1 Å². The van der Waals surface area contributed by atoms with E-state index in [1.54, 1.807) is 24.3 Å². The van der Waals surface area contributed by atoms with Crippen LogP contribution in [-0.4, -0.2) is 29.1 Å². The third kappa shape index (κ3) is 2.86. The molecule has 1 aliphatic carbocycles. The van der Waals surface area contributed by atoms with Gasteiger partial charge in [0.25, 0.3) is 5.91 Å². The summed E-state index contributed by atoms with van der Waals surface area (Å²) in [5.74, 6) is 1.51. The van der Waals surface area contributed by atoms with E-state index in [2.05, 4.69) is 11.2 Å². The number of hydrogen-bond donors (Lipinski definition) is 2. The van der Waals surface area contributed by atoms with Crippen LogP contribution in [0.2, 0.25) is 0 Å². The fourth-order valence-electron chi connectivity index (χ4n) is 1.63. The number of amides is 1. The van der Waals surface area contributed by atoms with Gasteiger partial charge in [0.15, 0.2) is 0 Å². The van der Waals surface area contributed by atoms with Crippen molar-refractivity contribution in [3.63, 3.8) is 0 Å². The molecule has 2 N–H and O–H groups in total. The highest BCUT2D eigenvalue weighted by Crippen LogP contribution is 2.35. The Hall–Kier alpha value is -2.48. The molecule has 0 unspecified atom stereocenters. The molecule has 0 aromatic heterocycles. The molecule has 1 saturated carbocycles. The molecule has 0 aliphatic heterocycles. The Morgan fingerprint density at radius 3 is 2.47 bits per heavy atom. The Balaban J connectivity index is 2.00. The van der Waals surface area contributed by atoms with Crippen molar-refractivity contribution in [2.24, 2.45) is 0 Å². The van der Waals surface area contributed by atoms with Crippen LogP contribution in [0.15, 0.2) is 24.3 Å². The zero-order valence-corrected chi connectivity index (χ0v) is 10.2. The third-order valence-electron chi connectivity index (χ3n) is 2.95. The number of aliphatic carboxylic acids is 1. The summed E-state index contributed by atoms with van der Waals surface area (Å²) in [7, 11) is 0. The van der Waals surface area contributed by atoms with E-state index in [0.29, 0.717) is 24.2 Å². The van der Waals surface area contributed by atoms with Crippen LogP contribution < -0.4 is 10.1 Å². The minimum atomic E-state index is -1.07. The number of carboxylic acids is 1. The molecule has 1 aliphatic rings. The first-order valence-corrected chi connectivity index (χ1v) is 5.80. The van der Waals surface area contributed by atoms with E-state index in [1.165, 1.54) is 0 Å². The second-order valence-electron chi connectivity index (χ2n) is 4.36. The zero-order valence-electron chi connectivity index (χ0n) is 10.2. The summed E-state index contributed by atoms with van der Waals surface area (Å²) in [6.45, 7) is 0.160. The maximum absolute atomic E-state index is 11.9. The molecule has 1 fully saturated rings. The lowest BCUT2D eigenvalue weighted by atomic mass is 10.1. The van der Waals surface area contributed by atoms with Gasteiger partial charge in [0.1, 0.15) is 17.9 Å². The van der Waals surface area contributed by atoms with Crippen molar-refractivity contribution in [1.82, 2.24) is 5.32 Å². The lowest BCUT2D eigenvalue weighted by Crippen LogP contribution is -2.43. The second kappa shape index (κ2) is 5.02. The predicted octanol–water partition coefficient (Wildman–Crippen LogP) is 1.05. The van der Waals surface area contributed by atoms with Crippen molar-refractivity contribution in [3.05, 3.63) is 29.8 Å². The van der Waals surface area contributed by atoms with Crippen LogP contribution in [0.3, 0.4) is 0 Å². The monoisotopic (exact) mass is 259 g/mol. The van der Waals surface area contributed by atoms with E-state index in [9.17, 15) is 9.59 Å². The number of terminal acetylenes is 1. The van der Waals surface area contributed by atoms with Crippen molar-refractivity contribution in [3.8, 4) is 18.1 Å². The van der Waals surface area contributed by atoms with Gasteiger partial charge in [-0.3, -0.25) is 4.79 Å². The molecule has 0 atom stereocenters. The van der Waals surface area contributed by atoms with Gasteiger partial charge in [-0.1, -0.05) is 5.92 Å². The van der Waals surface area contributed by atoms with Crippen molar-refractivity contribution in [2.45, 2.75) is 18.4 Å². The van der Waals surface area contributed by atoms with Gasteiger partial charge < -0.3 is 15.2 Å². The van der Waals surface area contributed by atoms with Gasteiger partial charge in [0, 0.05) is 5.56 Å². The molecule has 1 amide bonds. The van der Waals surface area contributed by atoms with Crippen LogP contribution in [0.1, 0.15) is 23.2 Å². The van der Waals surface area contributed by atoms with Crippen molar-refractivity contribution >= 4 is 11.9 Å². The molecule has 5 nitrogen and oxygen atoms in total. The second-order valence-corrected chi connectivity index (χ2v) is 4.36. The number of nitrogens with one attached hydrogen (secondary N) is 1.